The van der Waals surface area contributed by atoms with Crippen LogP contribution in [0.2, 0.25) is 6.55 Å². The highest BCUT2D eigenvalue weighted by Crippen LogP contribution is 2.03. The van der Waals surface area contributed by atoms with E-state index in [2.05, 4.69) is 0 Å². The van der Waals surface area contributed by atoms with Crippen molar-refractivity contribution in [3.63, 3.8) is 0 Å². The maximum absolute atomic E-state index is 10.8. The van der Waals surface area contributed by atoms with Crippen LogP contribution in [-0.2, 0) is 10.1 Å². The fourth-order valence-corrected chi connectivity index (χ4v) is 2.78. The largest absolute Gasteiger partial charge is 0.294 e. The molecule has 0 aliphatic rings. The second-order valence-electron chi connectivity index (χ2n) is 2.22. The Balaban J connectivity index is 3.33. The summed E-state index contributed by atoms with van der Waals surface area (Å²) in [5, 5.41) is 0.667. The molecule has 3 nitrogen and oxygen atoms in total. The van der Waals surface area contributed by atoms with E-state index in [-0.39, 0.29) is 4.90 Å². The lowest BCUT2D eigenvalue weighted by Crippen LogP contribution is -2.19. The zero-order chi connectivity index (χ0) is 9.19. The van der Waals surface area contributed by atoms with Crippen LogP contribution in [0.5, 0.6) is 0 Å². The molecule has 0 unspecified atom stereocenters. The highest BCUT2D eigenvalue weighted by Gasteiger charge is 2.12. The summed E-state index contributed by atoms with van der Waals surface area (Å²) in [6.45, 7) is 1.87. The van der Waals surface area contributed by atoms with E-state index >= 15 is 0 Å². The third kappa shape index (κ3) is 1.93. The lowest BCUT2D eigenvalue weighted by Gasteiger charge is -2.01. The molecule has 2 radical (unpaired) electrons. The molecule has 1 aromatic carbocycles. The van der Waals surface area contributed by atoms with Gasteiger partial charge in [0.15, 0.2) is 0 Å². The van der Waals surface area contributed by atoms with Gasteiger partial charge in [0.25, 0.3) is 10.1 Å². The normalized spacial score (nSPS) is 11.5. The zero-order valence-electron chi connectivity index (χ0n) is 6.48. The minimum absolute atomic E-state index is 0.0193. The van der Waals surface area contributed by atoms with E-state index in [1.807, 2.05) is 6.55 Å². The predicted octanol–water partition coefficient (Wildman–Crippen LogP) is 0.311. The summed E-state index contributed by atoms with van der Waals surface area (Å²) in [6, 6.07) is 6.44. The van der Waals surface area contributed by atoms with Gasteiger partial charge in [-0.3, -0.25) is 4.55 Å². The molecule has 0 saturated heterocycles. The molecule has 0 amide bonds. The van der Waals surface area contributed by atoms with Crippen molar-refractivity contribution in [2.24, 2.45) is 0 Å². The van der Waals surface area contributed by atoms with Crippen molar-refractivity contribution in [2.75, 3.05) is 0 Å². The van der Waals surface area contributed by atoms with Crippen molar-refractivity contribution in [3.05, 3.63) is 24.3 Å². The first kappa shape index (κ1) is 9.44. The first-order valence-electron chi connectivity index (χ1n) is 3.30. The fourth-order valence-electron chi connectivity index (χ4n) is 0.898. The minimum Gasteiger partial charge on any atom is -0.282 e. The van der Waals surface area contributed by atoms with Gasteiger partial charge < -0.3 is 0 Å². The average Bonchev–Trinajstić information content (AvgIpc) is 2.03. The average molecular weight is 200 g/mol. The Labute approximate surface area is 74.0 Å². The molecule has 12 heavy (non-hydrogen) atoms. The molecule has 0 aliphatic heterocycles. The summed E-state index contributed by atoms with van der Waals surface area (Å²) in [5.74, 6) is 0. The van der Waals surface area contributed by atoms with Gasteiger partial charge in [0.2, 0.25) is 0 Å². The lowest BCUT2D eigenvalue weighted by atomic mass is 10.4. The number of hydrogen-bond acceptors (Lipinski definition) is 2. The van der Waals surface area contributed by atoms with Crippen molar-refractivity contribution >= 4 is 24.8 Å². The van der Waals surface area contributed by atoms with Crippen molar-refractivity contribution < 1.29 is 13.0 Å². The number of benzene rings is 1. The van der Waals surface area contributed by atoms with E-state index in [0.717, 1.165) is 0 Å². The molecule has 0 fully saturated rings. The van der Waals surface area contributed by atoms with Crippen LogP contribution < -0.4 is 5.19 Å². The molecule has 5 heteroatoms. The summed E-state index contributed by atoms with van der Waals surface area (Å²) in [7, 11) is -3.68. The van der Waals surface area contributed by atoms with Crippen molar-refractivity contribution in [1.82, 2.24) is 0 Å². The Hall–Kier alpha value is -0.653. The third-order valence-corrected chi connectivity index (χ3v) is 3.50. The van der Waals surface area contributed by atoms with Crippen molar-refractivity contribution in [3.8, 4) is 0 Å². The summed E-state index contributed by atoms with van der Waals surface area (Å²) in [5.41, 5.74) is 0. The van der Waals surface area contributed by atoms with Crippen LogP contribution in [0.3, 0.4) is 0 Å². The summed E-state index contributed by atoms with van der Waals surface area (Å²) in [4.78, 5) is 0.0193. The van der Waals surface area contributed by atoms with Crippen LogP contribution >= 0.6 is 0 Å². The van der Waals surface area contributed by atoms with E-state index in [1.54, 1.807) is 18.2 Å². The van der Waals surface area contributed by atoms with Gasteiger partial charge in [0, 0.05) is 0 Å². The van der Waals surface area contributed by atoms with E-state index in [1.165, 1.54) is 6.07 Å². The lowest BCUT2D eigenvalue weighted by molar-refractivity contribution is 0.484. The van der Waals surface area contributed by atoms with Crippen LogP contribution in [0.15, 0.2) is 29.2 Å². The number of rotatable bonds is 2. The van der Waals surface area contributed by atoms with Crippen LogP contribution in [0, 0.1) is 0 Å². The Kier molecular flexibility index (Phi) is 2.66. The zero-order valence-corrected chi connectivity index (χ0v) is 8.30. The molecule has 1 N–H and O–H groups in total. The monoisotopic (exact) mass is 200 g/mol. The maximum Gasteiger partial charge on any atom is 0.294 e. The van der Waals surface area contributed by atoms with Crippen LogP contribution in [0.4, 0.5) is 0 Å². The van der Waals surface area contributed by atoms with Crippen molar-refractivity contribution in [1.29, 1.82) is 0 Å². The van der Waals surface area contributed by atoms with Gasteiger partial charge in [0.05, 0.1) is 14.4 Å². The first-order chi connectivity index (χ1) is 5.55. The first-order valence-corrected chi connectivity index (χ1v) is 6.24. The molecule has 0 bridgehead atoms. The second-order valence-corrected chi connectivity index (χ2v) is 4.65. The van der Waals surface area contributed by atoms with Crippen LogP contribution in [-0.4, -0.2) is 22.5 Å². The Bertz CT molecular complexity index is 372. The molecule has 0 spiro atoms. The van der Waals surface area contributed by atoms with Gasteiger partial charge in [0.1, 0.15) is 0 Å². The number of hydrogen-bond donors (Lipinski definition) is 1. The van der Waals surface area contributed by atoms with E-state index in [0.29, 0.717) is 14.7 Å². The molecule has 0 aliphatic carbocycles. The van der Waals surface area contributed by atoms with E-state index in [9.17, 15) is 8.42 Å². The fraction of sp³-hybridized carbons (Fsp3) is 0.143. The van der Waals surface area contributed by atoms with Gasteiger partial charge in [-0.25, -0.2) is 0 Å². The maximum atomic E-state index is 10.8. The Morgan fingerprint density at radius 3 is 2.33 bits per heavy atom. The molecular formula is C7H8O3SSi. The Morgan fingerprint density at radius 2 is 1.92 bits per heavy atom. The molecule has 0 atom stereocenters. The third-order valence-electron chi connectivity index (χ3n) is 1.43. The van der Waals surface area contributed by atoms with Crippen LogP contribution in [0.1, 0.15) is 0 Å². The molecule has 0 heterocycles. The molecule has 64 valence electrons. The van der Waals surface area contributed by atoms with Gasteiger partial charge in [-0.1, -0.05) is 24.7 Å². The van der Waals surface area contributed by atoms with E-state index < -0.39 is 10.1 Å². The molecule has 1 aromatic rings. The topological polar surface area (TPSA) is 54.4 Å². The standard InChI is InChI=1S/C7H8O3SSi/c1-12-7-5-3-2-4-6(7)11(8,9)10/h2-5H,1H3,(H,8,9,10). The summed E-state index contributed by atoms with van der Waals surface area (Å²) < 4.78 is 30.3. The van der Waals surface area contributed by atoms with Crippen molar-refractivity contribution in [2.45, 2.75) is 11.4 Å². The van der Waals surface area contributed by atoms with Gasteiger partial charge in [-0.05, 0) is 11.3 Å². The van der Waals surface area contributed by atoms with Gasteiger partial charge >= 0.3 is 0 Å². The van der Waals surface area contributed by atoms with Gasteiger partial charge in [-0.2, -0.15) is 8.42 Å². The highest BCUT2D eigenvalue weighted by atomic mass is 32.2. The summed E-state index contributed by atoms with van der Waals surface area (Å²) >= 11 is 0. The highest BCUT2D eigenvalue weighted by molar-refractivity contribution is 7.86. The smallest absolute Gasteiger partial charge is 0.282 e. The molecule has 0 aromatic heterocycles. The van der Waals surface area contributed by atoms with E-state index in [4.69, 9.17) is 4.55 Å². The quantitative estimate of drug-likeness (QED) is 0.552. The molecule has 0 saturated carbocycles. The second kappa shape index (κ2) is 3.38. The summed E-state index contributed by atoms with van der Waals surface area (Å²) in [6.07, 6.45) is 0. The minimum atomic E-state index is -4.04. The SMILES string of the molecule is C[Si]c1ccccc1S(=O)(=O)O. The van der Waals surface area contributed by atoms with Crippen LogP contribution in [0.25, 0.3) is 0 Å². The molecule has 1 rings (SSSR count). The Morgan fingerprint density at radius 1 is 1.33 bits per heavy atom. The van der Waals surface area contributed by atoms with Gasteiger partial charge in [-0.15, -0.1) is 0 Å². The predicted molar refractivity (Wildman–Crippen MR) is 47.5 cm³/mol. The molecular weight excluding hydrogens is 192 g/mol.